The van der Waals surface area contributed by atoms with Crippen LogP contribution in [0.25, 0.3) is 87.7 Å². The van der Waals surface area contributed by atoms with E-state index in [4.69, 9.17) is 15.0 Å². The molecule has 0 amide bonds. The van der Waals surface area contributed by atoms with Gasteiger partial charge in [-0.2, -0.15) is 0 Å². The van der Waals surface area contributed by atoms with Gasteiger partial charge in [0.05, 0.1) is 21.6 Å². The SMILES string of the molecule is c1ccc(-c2ccc(-c3cc(-c4ccccc4)nc(-c4ccc5cc(-c6ccc7sc(-c8ccccc8)nc7c6)ccc5c4)n3)cc2)cc1. The van der Waals surface area contributed by atoms with Gasteiger partial charge in [-0.1, -0.05) is 146 Å². The summed E-state index contributed by atoms with van der Waals surface area (Å²) in [6.07, 6.45) is 0. The number of hydrogen-bond donors (Lipinski definition) is 0. The van der Waals surface area contributed by atoms with E-state index < -0.39 is 0 Å². The molecule has 0 spiro atoms. The molecule has 4 heteroatoms. The van der Waals surface area contributed by atoms with Gasteiger partial charge >= 0.3 is 0 Å². The molecule has 0 fully saturated rings. The molecule has 0 saturated carbocycles. The number of rotatable bonds is 6. The van der Waals surface area contributed by atoms with Gasteiger partial charge in [-0.05, 0) is 63.4 Å². The first-order valence-corrected chi connectivity index (χ1v) is 17.2. The van der Waals surface area contributed by atoms with Gasteiger partial charge in [0.1, 0.15) is 5.01 Å². The highest BCUT2D eigenvalue weighted by Gasteiger charge is 2.13. The van der Waals surface area contributed by atoms with Crippen LogP contribution in [-0.2, 0) is 0 Å². The monoisotopic (exact) mass is 643 g/mol. The highest BCUT2D eigenvalue weighted by molar-refractivity contribution is 7.21. The third kappa shape index (κ3) is 5.80. The summed E-state index contributed by atoms with van der Waals surface area (Å²) in [5.41, 5.74) is 11.8. The molecule has 0 aliphatic carbocycles. The third-order valence-electron chi connectivity index (χ3n) is 8.92. The Balaban J connectivity index is 1.07. The fourth-order valence-electron chi connectivity index (χ4n) is 6.32. The molecule has 0 bridgehead atoms. The smallest absolute Gasteiger partial charge is 0.160 e. The zero-order chi connectivity index (χ0) is 32.6. The Morgan fingerprint density at radius 1 is 0.327 bits per heavy atom. The molecule has 0 aliphatic rings. The second kappa shape index (κ2) is 12.4. The lowest BCUT2D eigenvalue weighted by Gasteiger charge is -2.11. The maximum absolute atomic E-state index is 5.11. The molecule has 9 aromatic rings. The average molecular weight is 644 g/mol. The summed E-state index contributed by atoms with van der Waals surface area (Å²) in [6, 6.07) is 61.6. The standard InChI is InChI=1S/C45H29N3S/c1-4-10-30(11-5-1)31-16-18-33(19-17-31)41-29-40(32-12-6-2-7-13-32)46-44(47-41)39-23-22-35-26-36(20-21-37(35)27-39)38-24-25-43-42(28-38)48-45(49-43)34-14-8-3-9-15-34/h1-29H. The van der Waals surface area contributed by atoms with Crippen molar-refractivity contribution in [2.24, 2.45) is 0 Å². The second-order valence-electron chi connectivity index (χ2n) is 12.1. The normalized spacial score (nSPS) is 11.3. The van der Waals surface area contributed by atoms with Crippen LogP contribution >= 0.6 is 11.3 Å². The van der Waals surface area contributed by atoms with Gasteiger partial charge in [-0.15, -0.1) is 11.3 Å². The lowest BCUT2D eigenvalue weighted by molar-refractivity contribution is 1.18. The Labute approximate surface area is 288 Å². The maximum atomic E-state index is 5.11. The van der Waals surface area contributed by atoms with Gasteiger partial charge < -0.3 is 0 Å². The van der Waals surface area contributed by atoms with Crippen molar-refractivity contribution >= 4 is 32.3 Å². The summed E-state index contributed by atoms with van der Waals surface area (Å²) >= 11 is 1.73. The highest BCUT2D eigenvalue weighted by atomic mass is 32.1. The first-order valence-electron chi connectivity index (χ1n) is 16.3. The summed E-state index contributed by atoms with van der Waals surface area (Å²) in [5, 5.41) is 3.36. The van der Waals surface area contributed by atoms with Crippen molar-refractivity contribution < 1.29 is 0 Å². The van der Waals surface area contributed by atoms with Crippen LogP contribution in [0.2, 0.25) is 0 Å². The first kappa shape index (κ1) is 29.0. The Kier molecular flexibility index (Phi) is 7.34. The summed E-state index contributed by atoms with van der Waals surface area (Å²) in [7, 11) is 0. The molecule has 230 valence electrons. The molecule has 0 N–H and O–H groups in total. The van der Waals surface area contributed by atoms with Crippen molar-refractivity contribution in [3.63, 3.8) is 0 Å². The molecule has 0 unspecified atom stereocenters. The molecule has 9 rings (SSSR count). The molecule has 7 aromatic carbocycles. The number of benzene rings is 7. The average Bonchev–Trinajstić information content (AvgIpc) is 3.62. The van der Waals surface area contributed by atoms with Crippen LogP contribution in [0, 0.1) is 0 Å². The molecule has 0 radical (unpaired) electrons. The number of hydrogen-bond acceptors (Lipinski definition) is 4. The molecule has 49 heavy (non-hydrogen) atoms. The van der Waals surface area contributed by atoms with Crippen molar-refractivity contribution in [2.45, 2.75) is 0 Å². The topological polar surface area (TPSA) is 38.7 Å². The van der Waals surface area contributed by atoms with E-state index in [9.17, 15) is 0 Å². The predicted molar refractivity (Wildman–Crippen MR) is 205 cm³/mol. The van der Waals surface area contributed by atoms with Crippen LogP contribution in [-0.4, -0.2) is 15.0 Å². The number of nitrogens with zero attached hydrogens (tertiary/aromatic N) is 3. The first-order chi connectivity index (χ1) is 24.2. The van der Waals surface area contributed by atoms with Gasteiger partial charge in [0.2, 0.25) is 0 Å². The minimum Gasteiger partial charge on any atom is -0.236 e. The van der Waals surface area contributed by atoms with Crippen LogP contribution in [0.3, 0.4) is 0 Å². The van der Waals surface area contributed by atoms with Crippen molar-refractivity contribution in [1.82, 2.24) is 15.0 Å². The minimum absolute atomic E-state index is 0.706. The van der Waals surface area contributed by atoms with Gasteiger partial charge in [-0.3, -0.25) is 0 Å². The second-order valence-corrected chi connectivity index (χ2v) is 13.1. The fraction of sp³-hybridized carbons (Fsp3) is 0. The number of fused-ring (bicyclic) bond motifs is 2. The number of thiazole rings is 1. The Hall–Kier alpha value is -6.23. The molecule has 2 heterocycles. The largest absolute Gasteiger partial charge is 0.236 e. The third-order valence-corrected chi connectivity index (χ3v) is 10.0. The van der Waals surface area contributed by atoms with Crippen LogP contribution in [0.5, 0.6) is 0 Å². The van der Waals surface area contributed by atoms with Crippen LogP contribution in [0.4, 0.5) is 0 Å². The van der Waals surface area contributed by atoms with Gasteiger partial charge in [0, 0.05) is 22.3 Å². The van der Waals surface area contributed by atoms with E-state index in [0.29, 0.717) is 5.82 Å². The summed E-state index contributed by atoms with van der Waals surface area (Å²) in [4.78, 5) is 15.1. The van der Waals surface area contributed by atoms with Crippen molar-refractivity contribution in [1.29, 1.82) is 0 Å². The van der Waals surface area contributed by atoms with E-state index in [1.54, 1.807) is 11.3 Å². The van der Waals surface area contributed by atoms with Crippen LogP contribution in [0.15, 0.2) is 176 Å². The van der Waals surface area contributed by atoms with Gasteiger partial charge in [0.25, 0.3) is 0 Å². The summed E-state index contributed by atoms with van der Waals surface area (Å²) in [6.45, 7) is 0. The molecule has 2 aromatic heterocycles. The van der Waals surface area contributed by atoms with E-state index in [1.165, 1.54) is 26.8 Å². The quantitative estimate of drug-likeness (QED) is 0.181. The van der Waals surface area contributed by atoms with Gasteiger partial charge in [0.15, 0.2) is 5.82 Å². The van der Waals surface area contributed by atoms with Crippen molar-refractivity contribution in [2.75, 3.05) is 0 Å². The van der Waals surface area contributed by atoms with Crippen molar-refractivity contribution in [3.8, 4) is 66.7 Å². The van der Waals surface area contributed by atoms with E-state index >= 15 is 0 Å². The van der Waals surface area contributed by atoms with E-state index in [2.05, 4.69) is 146 Å². The molecule has 0 atom stereocenters. The Morgan fingerprint density at radius 2 is 0.796 bits per heavy atom. The zero-order valence-electron chi connectivity index (χ0n) is 26.5. The Bertz CT molecular complexity index is 2580. The number of aromatic nitrogens is 3. The van der Waals surface area contributed by atoms with Crippen LogP contribution in [0.1, 0.15) is 0 Å². The molecule has 3 nitrogen and oxygen atoms in total. The molecule has 0 saturated heterocycles. The highest BCUT2D eigenvalue weighted by Crippen LogP contribution is 2.35. The van der Waals surface area contributed by atoms with E-state index in [1.807, 2.05) is 30.3 Å². The molecular formula is C45H29N3S. The summed E-state index contributed by atoms with van der Waals surface area (Å²) < 4.78 is 1.19. The zero-order valence-corrected chi connectivity index (χ0v) is 27.3. The van der Waals surface area contributed by atoms with Crippen molar-refractivity contribution in [3.05, 3.63) is 176 Å². The molecular weight excluding hydrogens is 615 g/mol. The lowest BCUT2D eigenvalue weighted by atomic mass is 9.99. The maximum Gasteiger partial charge on any atom is 0.160 e. The fourth-order valence-corrected chi connectivity index (χ4v) is 7.27. The van der Waals surface area contributed by atoms with E-state index in [-0.39, 0.29) is 0 Å². The van der Waals surface area contributed by atoms with Gasteiger partial charge in [-0.25, -0.2) is 15.0 Å². The summed E-state index contributed by atoms with van der Waals surface area (Å²) in [5.74, 6) is 0.706. The Morgan fingerprint density at radius 3 is 1.47 bits per heavy atom. The minimum atomic E-state index is 0.706. The van der Waals surface area contributed by atoms with Crippen LogP contribution < -0.4 is 0 Å². The molecule has 0 aliphatic heterocycles. The van der Waals surface area contributed by atoms with E-state index in [0.717, 1.165) is 55.1 Å². The predicted octanol–water partition coefficient (Wildman–Crippen LogP) is 12.2. The lowest BCUT2D eigenvalue weighted by Crippen LogP contribution is -1.96.